The van der Waals surface area contributed by atoms with E-state index in [1.807, 2.05) is 6.07 Å². The van der Waals surface area contributed by atoms with Gasteiger partial charge >= 0.3 is 6.18 Å². The second-order valence-corrected chi connectivity index (χ2v) is 4.99. The summed E-state index contributed by atoms with van der Waals surface area (Å²) in [5, 5.41) is 0. The maximum atomic E-state index is 12.3. The van der Waals surface area contributed by atoms with Crippen LogP contribution in [0.5, 0.6) is 17.2 Å². The number of halogens is 4. The van der Waals surface area contributed by atoms with E-state index in [1.165, 1.54) is 18.2 Å². The average Bonchev–Trinajstić information content (AvgIpc) is 2.53. The van der Waals surface area contributed by atoms with Gasteiger partial charge in [-0.25, -0.2) is 4.99 Å². The molecule has 0 fully saturated rings. The molecule has 0 spiro atoms. The molecule has 0 saturated carbocycles. The van der Waals surface area contributed by atoms with E-state index in [0.717, 1.165) is 0 Å². The van der Waals surface area contributed by atoms with Gasteiger partial charge in [-0.2, -0.15) is 13.2 Å². The van der Waals surface area contributed by atoms with Crippen molar-refractivity contribution in [3.63, 3.8) is 0 Å². The Morgan fingerprint density at radius 3 is 2.33 bits per heavy atom. The van der Waals surface area contributed by atoms with E-state index in [9.17, 15) is 13.2 Å². The predicted octanol–water partition coefficient (Wildman–Crippen LogP) is 4.65. The number of hydrogen-bond acceptors (Lipinski definition) is 3. The Labute approximate surface area is 141 Å². The number of hydrogen-bond donors (Lipinski definition) is 1. The third kappa shape index (κ3) is 6.00. The fourth-order valence-corrected chi connectivity index (χ4v) is 1.81. The van der Waals surface area contributed by atoms with Gasteiger partial charge < -0.3 is 15.2 Å². The zero-order valence-corrected chi connectivity index (χ0v) is 13.1. The molecule has 0 amide bonds. The minimum absolute atomic E-state index is 0.0114. The largest absolute Gasteiger partial charge is 0.484 e. The van der Waals surface area contributed by atoms with Crippen molar-refractivity contribution >= 4 is 23.1 Å². The molecule has 0 atom stereocenters. The van der Waals surface area contributed by atoms with Crippen LogP contribution in [0.3, 0.4) is 0 Å². The van der Waals surface area contributed by atoms with Crippen molar-refractivity contribution in [2.45, 2.75) is 6.18 Å². The van der Waals surface area contributed by atoms with Crippen LogP contribution in [0.1, 0.15) is 0 Å². The highest BCUT2D eigenvalue weighted by atomic mass is 35.5. The molecule has 0 bridgehead atoms. The molecule has 0 unspecified atom stereocenters. The van der Waals surface area contributed by atoms with Crippen LogP contribution in [-0.4, -0.2) is 24.5 Å². The Hall–Kier alpha value is -2.41. The summed E-state index contributed by atoms with van der Waals surface area (Å²) in [7, 11) is 0. The van der Waals surface area contributed by atoms with Crippen LogP contribution in [-0.2, 0) is 0 Å². The highest BCUT2D eigenvalue weighted by Crippen LogP contribution is 2.32. The van der Waals surface area contributed by atoms with E-state index < -0.39 is 12.8 Å². The van der Waals surface area contributed by atoms with Gasteiger partial charge in [0.05, 0.1) is 11.6 Å². The lowest BCUT2D eigenvalue weighted by Gasteiger charge is -2.12. The normalized spacial score (nSPS) is 12.1. The van der Waals surface area contributed by atoms with Crippen LogP contribution in [0.15, 0.2) is 53.5 Å². The Balaban J connectivity index is 2.29. The number of amidine groups is 1. The number of rotatable bonds is 6. The van der Waals surface area contributed by atoms with E-state index in [1.54, 1.807) is 24.3 Å². The first-order valence-electron chi connectivity index (χ1n) is 6.82. The van der Waals surface area contributed by atoms with E-state index in [0.29, 0.717) is 5.75 Å². The monoisotopic (exact) mass is 358 g/mol. The van der Waals surface area contributed by atoms with E-state index >= 15 is 0 Å². The molecule has 8 heteroatoms. The smallest absolute Gasteiger partial charge is 0.422 e. The summed E-state index contributed by atoms with van der Waals surface area (Å²) < 4.78 is 47.4. The van der Waals surface area contributed by atoms with E-state index in [2.05, 4.69) is 4.99 Å². The van der Waals surface area contributed by atoms with Gasteiger partial charge in [0.2, 0.25) is 0 Å². The maximum Gasteiger partial charge on any atom is 0.422 e. The van der Waals surface area contributed by atoms with Crippen molar-refractivity contribution in [1.29, 1.82) is 0 Å². The Morgan fingerprint density at radius 1 is 1.04 bits per heavy atom. The maximum absolute atomic E-state index is 12.3. The highest BCUT2D eigenvalue weighted by Gasteiger charge is 2.28. The summed E-state index contributed by atoms with van der Waals surface area (Å²) in [5.74, 6) is 0.854. The van der Waals surface area contributed by atoms with Crippen molar-refractivity contribution in [3.05, 3.63) is 48.5 Å². The quantitative estimate of drug-likeness (QED) is 0.464. The summed E-state index contributed by atoms with van der Waals surface area (Å²) in [4.78, 5) is 4.01. The van der Waals surface area contributed by atoms with Crippen LogP contribution in [0.2, 0.25) is 0 Å². The molecule has 0 aromatic heterocycles. The van der Waals surface area contributed by atoms with Crippen LogP contribution in [0.4, 0.5) is 18.9 Å². The fraction of sp³-hybridized carbons (Fsp3) is 0.188. The summed E-state index contributed by atoms with van der Waals surface area (Å²) in [6.45, 7) is -1.42. The lowest BCUT2D eigenvalue weighted by molar-refractivity contribution is -0.153. The van der Waals surface area contributed by atoms with Gasteiger partial charge in [0.25, 0.3) is 0 Å². The van der Waals surface area contributed by atoms with Gasteiger partial charge in [-0.1, -0.05) is 18.2 Å². The van der Waals surface area contributed by atoms with Gasteiger partial charge in [0.15, 0.2) is 6.61 Å². The van der Waals surface area contributed by atoms with Crippen molar-refractivity contribution in [3.8, 4) is 17.2 Å². The zero-order valence-electron chi connectivity index (χ0n) is 12.4. The van der Waals surface area contributed by atoms with Crippen molar-refractivity contribution in [2.75, 3.05) is 12.5 Å². The number of nitrogens with two attached hydrogens (primary N) is 1. The Kier molecular flexibility index (Phi) is 5.92. The fourth-order valence-electron chi connectivity index (χ4n) is 1.75. The minimum Gasteiger partial charge on any atom is -0.484 e. The molecule has 2 aromatic carbocycles. The summed E-state index contributed by atoms with van der Waals surface area (Å²) in [6, 6.07) is 12.9. The average molecular weight is 359 g/mol. The topological polar surface area (TPSA) is 56.8 Å². The molecule has 0 aliphatic carbocycles. The summed E-state index contributed by atoms with van der Waals surface area (Å²) in [6.07, 6.45) is -4.45. The van der Waals surface area contributed by atoms with Crippen LogP contribution < -0.4 is 15.2 Å². The molecule has 2 aromatic rings. The minimum atomic E-state index is -4.45. The van der Waals surface area contributed by atoms with Crippen molar-refractivity contribution in [2.24, 2.45) is 10.7 Å². The molecule has 4 nitrogen and oxygen atoms in total. The number of ether oxygens (including phenoxy) is 2. The molecule has 24 heavy (non-hydrogen) atoms. The van der Waals surface area contributed by atoms with Crippen molar-refractivity contribution in [1.82, 2.24) is 0 Å². The van der Waals surface area contributed by atoms with Gasteiger partial charge in [0.1, 0.15) is 23.1 Å². The molecule has 0 aliphatic heterocycles. The van der Waals surface area contributed by atoms with E-state index in [4.69, 9.17) is 26.8 Å². The number of para-hydroxylation sites is 1. The second kappa shape index (κ2) is 7.92. The van der Waals surface area contributed by atoms with E-state index in [-0.39, 0.29) is 28.9 Å². The predicted molar refractivity (Wildman–Crippen MR) is 86.5 cm³/mol. The molecular formula is C16H14ClF3N2O2. The van der Waals surface area contributed by atoms with Gasteiger partial charge in [-0.15, -0.1) is 11.6 Å². The molecule has 0 aliphatic rings. The first kappa shape index (κ1) is 17.9. The van der Waals surface area contributed by atoms with Gasteiger partial charge in [-0.05, 0) is 12.1 Å². The van der Waals surface area contributed by atoms with Crippen LogP contribution in [0, 0.1) is 0 Å². The molecule has 0 heterocycles. The molecule has 128 valence electrons. The summed E-state index contributed by atoms with van der Waals surface area (Å²) >= 11 is 5.57. The van der Waals surface area contributed by atoms with Gasteiger partial charge in [-0.3, -0.25) is 0 Å². The van der Waals surface area contributed by atoms with Gasteiger partial charge in [0, 0.05) is 18.2 Å². The standard InChI is InChI=1S/C16H14ClF3N2O2/c17-9-15(21)22-11-6-13(23-10-16(18,19)20)8-14(7-11)24-12-4-2-1-3-5-12/h1-8H,9-10H2,(H2,21,22). The first-order valence-corrected chi connectivity index (χ1v) is 7.36. The lowest BCUT2D eigenvalue weighted by atomic mass is 10.2. The lowest BCUT2D eigenvalue weighted by Crippen LogP contribution is -2.19. The van der Waals surface area contributed by atoms with Crippen LogP contribution in [0.25, 0.3) is 0 Å². The first-order chi connectivity index (χ1) is 11.4. The Morgan fingerprint density at radius 2 is 1.71 bits per heavy atom. The van der Waals surface area contributed by atoms with Crippen molar-refractivity contribution < 1.29 is 22.6 Å². The highest BCUT2D eigenvalue weighted by molar-refractivity contribution is 6.28. The third-order valence-corrected chi connectivity index (χ3v) is 2.93. The SMILES string of the molecule is NC(CCl)=Nc1cc(OCC(F)(F)F)cc(Oc2ccccc2)c1. The molecular weight excluding hydrogens is 345 g/mol. The molecule has 2 N–H and O–H groups in total. The number of aliphatic imine (C=N–C) groups is 1. The Bertz CT molecular complexity index is 706. The number of nitrogens with zero attached hydrogens (tertiary/aromatic N) is 1. The van der Waals surface area contributed by atoms with Crippen LogP contribution >= 0.6 is 11.6 Å². The molecule has 0 saturated heterocycles. The number of benzene rings is 2. The second-order valence-electron chi connectivity index (χ2n) is 4.72. The molecule has 0 radical (unpaired) electrons. The third-order valence-electron chi connectivity index (χ3n) is 2.66. The zero-order chi connectivity index (χ0) is 17.6. The summed E-state index contributed by atoms with van der Waals surface area (Å²) in [5.41, 5.74) is 5.83. The number of alkyl halides is 4. The molecule has 2 rings (SSSR count).